The molecular formula is C16H15ClN2O4. The number of benzene rings is 1. The zero-order valence-corrected chi connectivity index (χ0v) is 13.5. The molecule has 1 aromatic carbocycles. The largest absolute Gasteiger partial charge is 0.402 e. The number of rotatable bonds is 5. The fraction of sp³-hybridized carbons (Fsp3) is 0.250. The van der Waals surface area contributed by atoms with Crippen LogP contribution in [0.15, 0.2) is 35.1 Å². The number of aromatic nitrogens is 2. The third kappa shape index (κ3) is 4.50. The van der Waals surface area contributed by atoms with Crippen molar-refractivity contribution in [3.63, 3.8) is 0 Å². The number of esters is 1. The van der Waals surface area contributed by atoms with E-state index in [1.165, 1.54) is 19.1 Å². The minimum Gasteiger partial charge on any atom is -0.402 e. The summed E-state index contributed by atoms with van der Waals surface area (Å²) in [6.07, 6.45) is 0.175. The summed E-state index contributed by atoms with van der Waals surface area (Å²) in [6.45, 7) is 3.41. The molecule has 0 saturated carbocycles. The number of nitrogens with zero attached hydrogens (tertiary/aromatic N) is 2. The number of hydrogen-bond acceptors (Lipinski definition) is 5. The minimum atomic E-state index is -0.667. The summed E-state index contributed by atoms with van der Waals surface area (Å²) in [5.74, 6) is -0.762. The van der Waals surface area contributed by atoms with E-state index in [2.05, 4.69) is 5.10 Å². The number of hydrogen-bond donors (Lipinski definition) is 0. The third-order valence-corrected chi connectivity index (χ3v) is 3.37. The highest BCUT2D eigenvalue weighted by Gasteiger charge is 2.14. The highest BCUT2D eigenvalue weighted by molar-refractivity contribution is 6.33. The van der Waals surface area contributed by atoms with Crippen molar-refractivity contribution in [1.82, 2.24) is 9.78 Å². The number of Topliss-reactive ketones (excluding diaryl/α,β-unsaturated/α-hetero) is 1. The first-order valence-corrected chi connectivity index (χ1v) is 7.30. The van der Waals surface area contributed by atoms with Gasteiger partial charge in [0, 0.05) is 18.6 Å². The lowest BCUT2D eigenvalue weighted by atomic mass is 10.1. The Kier molecular flexibility index (Phi) is 5.28. The maximum absolute atomic E-state index is 12.1. The smallest absolute Gasteiger partial charge is 0.346 e. The van der Waals surface area contributed by atoms with Crippen LogP contribution >= 0.6 is 11.6 Å². The minimum absolute atomic E-state index is 0.0326. The summed E-state index contributed by atoms with van der Waals surface area (Å²) in [4.78, 5) is 34.8. The zero-order valence-electron chi connectivity index (χ0n) is 12.7. The summed E-state index contributed by atoms with van der Waals surface area (Å²) in [6, 6.07) is 7.48. The maximum Gasteiger partial charge on any atom is 0.346 e. The molecule has 0 bridgehead atoms. The Morgan fingerprint density at radius 1 is 1.26 bits per heavy atom. The molecule has 2 rings (SSSR count). The summed E-state index contributed by atoms with van der Waals surface area (Å²) in [5, 5.41) is 4.20. The molecule has 0 fully saturated rings. The van der Waals surface area contributed by atoms with Crippen LogP contribution in [0.1, 0.15) is 29.3 Å². The molecule has 1 heterocycles. The van der Waals surface area contributed by atoms with Crippen LogP contribution in [0, 0.1) is 6.92 Å². The van der Waals surface area contributed by atoms with E-state index in [4.69, 9.17) is 16.3 Å². The highest BCUT2D eigenvalue weighted by atomic mass is 35.5. The predicted octanol–water partition coefficient (Wildman–Crippen LogP) is 2.40. The van der Waals surface area contributed by atoms with Gasteiger partial charge in [-0.2, -0.15) is 0 Å². The second-order valence-corrected chi connectivity index (χ2v) is 5.46. The molecule has 0 saturated heterocycles. The van der Waals surface area contributed by atoms with Crippen molar-refractivity contribution in [3.05, 3.63) is 56.8 Å². The lowest BCUT2D eigenvalue weighted by molar-refractivity contribution is -0.117. The van der Waals surface area contributed by atoms with Gasteiger partial charge in [-0.05, 0) is 31.5 Å². The van der Waals surface area contributed by atoms with E-state index in [0.29, 0.717) is 0 Å². The number of carbonyl (C=O) groups is 2. The van der Waals surface area contributed by atoms with Crippen LogP contribution in [0.2, 0.25) is 5.02 Å². The Morgan fingerprint density at radius 3 is 2.65 bits per heavy atom. The van der Waals surface area contributed by atoms with Gasteiger partial charge in [-0.15, -0.1) is 5.10 Å². The molecule has 0 aliphatic carbocycles. The fourth-order valence-corrected chi connectivity index (χ4v) is 2.16. The third-order valence-electron chi connectivity index (χ3n) is 3.06. The maximum atomic E-state index is 12.1. The molecule has 0 aliphatic heterocycles. The lowest BCUT2D eigenvalue weighted by Crippen LogP contribution is -2.24. The van der Waals surface area contributed by atoms with E-state index in [1.54, 1.807) is 18.2 Å². The monoisotopic (exact) mass is 334 g/mol. The molecule has 23 heavy (non-hydrogen) atoms. The van der Waals surface area contributed by atoms with Gasteiger partial charge >= 0.3 is 5.97 Å². The Balaban J connectivity index is 2.19. The van der Waals surface area contributed by atoms with Crippen molar-refractivity contribution in [3.8, 4) is 5.88 Å². The first-order chi connectivity index (χ1) is 10.9. The van der Waals surface area contributed by atoms with Crippen LogP contribution < -0.4 is 10.3 Å². The van der Waals surface area contributed by atoms with Crippen LogP contribution in [0.3, 0.4) is 0 Å². The van der Waals surface area contributed by atoms with Crippen LogP contribution in [-0.2, 0) is 11.3 Å². The molecular weight excluding hydrogens is 320 g/mol. The SMILES string of the molecule is CC(=O)CCn1nc(OC(=O)c2ccc(C)cc2Cl)ccc1=O. The molecule has 0 atom stereocenters. The van der Waals surface area contributed by atoms with Gasteiger partial charge in [0.05, 0.1) is 17.1 Å². The molecule has 120 valence electrons. The van der Waals surface area contributed by atoms with Gasteiger partial charge in [0.2, 0.25) is 5.88 Å². The van der Waals surface area contributed by atoms with Crippen molar-refractivity contribution in [1.29, 1.82) is 0 Å². The summed E-state index contributed by atoms with van der Waals surface area (Å²) in [5.41, 5.74) is 0.752. The van der Waals surface area contributed by atoms with Crippen molar-refractivity contribution >= 4 is 23.4 Å². The van der Waals surface area contributed by atoms with Gasteiger partial charge in [0.25, 0.3) is 5.56 Å². The van der Waals surface area contributed by atoms with E-state index in [9.17, 15) is 14.4 Å². The zero-order chi connectivity index (χ0) is 17.0. The number of halogens is 1. The van der Waals surface area contributed by atoms with Crippen LogP contribution in [0.4, 0.5) is 0 Å². The molecule has 0 amide bonds. The fourth-order valence-electron chi connectivity index (χ4n) is 1.84. The summed E-state index contributed by atoms with van der Waals surface area (Å²) >= 11 is 6.02. The Bertz CT molecular complexity index is 814. The van der Waals surface area contributed by atoms with Crippen LogP contribution in [-0.4, -0.2) is 21.5 Å². The van der Waals surface area contributed by atoms with Crippen molar-refractivity contribution in [2.75, 3.05) is 0 Å². The Labute approximate surface area is 137 Å². The van der Waals surface area contributed by atoms with Crippen LogP contribution in [0.5, 0.6) is 5.88 Å². The van der Waals surface area contributed by atoms with Gasteiger partial charge in [-0.1, -0.05) is 17.7 Å². The molecule has 1 aromatic heterocycles. The van der Waals surface area contributed by atoms with Crippen molar-refractivity contribution in [2.24, 2.45) is 0 Å². The van der Waals surface area contributed by atoms with E-state index in [0.717, 1.165) is 10.2 Å². The highest BCUT2D eigenvalue weighted by Crippen LogP contribution is 2.19. The molecule has 0 aliphatic rings. The standard InChI is InChI=1S/C16H15ClN2O4/c1-10-3-4-12(13(17)9-10)16(22)23-14-5-6-15(21)19(18-14)8-7-11(2)20/h3-6,9H,7-8H2,1-2H3. The van der Waals surface area contributed by atoms with Crippen LogP contribution in [0.25, 0.3) is 0 Å². The second-order valence-electron chi connectivity index (χ2n) is 5.06. The first-order valence-electron chi connectivity index (χ1n) is 6.93. The molecule has 2 aromatic rings. The summed E-state index contributed by atoms with van der Waals surface area (Å²) in [7, 11) is 0. The molecule has 0 radical (unpaired) electrons. The molecule has 7 heteroatoms. The van der Waals surface area contributed by atoms with Gasteiger partial charge in [0.15, 0.2) is 0 Å². The average molecular weight is 335 g/mol. The number of ketones is 1. The molecule has 6 nitrogen and oxygen atoms in total. The number of aryl methyl sites for hydroxylation is 2. The van der Waals surface area contributed by atoms with E-state index in [-0.39, 0.29) is 40.8 Å². The molecule has 0 N–H and O–H groups in total. The van der Waals surface area contributed by atoms with Gasteiger partial charge in [0.1, 0.15) is 5.78 Å². The quantitative estimate of drug-likeness (QED) is 0.784. The lowest BCUT2D eigenvalue weighted by Gasteiger charge is -2.08. The predicted molar refractivity (Wildman–Crippen MR) is 84.9 cm³/mol. The molecule has 0 unspecified atom stereocenters. The van der Waals surface area contributed by atoms with E-state index < -0.39 is 5.97 Å². The van der Waals surface area contributed by atoms with E-state index >= 15 is 0 Å². The normalized spacial score (nSPS) is 10.4. The molecule has 0 spiro atoms. The van der Waals surface area contributed by atoms with E-state index in [1.807, 2.05) is 6.92 Å². The Hall–Kier alpha value is -2.47. The van der Waals surface area contributed by atoms with Gasteiger partial charge < -0.3 is 4.74 Å². The van der Waals surface area contributed by atoms with Crippen molar-refractivity contribution < 1.29 is 14.3 Å². The Morgan fingerprint density at radius 2 is 2.00 bits per heavy atom. The number of carbonyl (C=O) groups excluding carboxylic acids is 2. The first kappa shape index (κ1) is 16.9. The number of ether oxygens (including phenoxy) is 1. The summed E-state index contributed by atoms with van der Waals surface area (Å²) < 4.78 is 6.23. The second kappa shape index (κ2) is 7.19. The topological polar surface area (TPSA) is 78.3 Å². The van der Waals surface area contributed by atoms with Gasteiger partial charge in [-0.25, -0.2) is 9.48 Å². The average Bonchev–Trinajstić information content (AvgIpc) is 2.47. The van der Waals surface area contributed by atoms with Gasteiger partial charge in [-0.3, -0.25) is 9.59 Å². The van der Waals surface area contributed by atoms with Crippen molar-refractivity contribution in [2.45, 2.75) is 26.8 Å².